The Bertz CT molecular complexity index is 564. The Morgan fingerprint density at radius 3 is 2.53 bits per heavy atom. The summed E-state index contributed by atoms with van der Waals surface area (Å²) in [6, 6.07) is 12.6. The zero-order valence-corrected chi connectivity index (χ0v) is 10.6. The van der Waals surface area contributed by atoms with Crippen LogP contribution in [0.2, 0.25) is 0 Å². The van der Waals surface area contributed by atoms with Gasteiger partial charge in [0.2, 0.25) is 5.91 Å². The second-order valence-corrected chi connectivity index (χ2v) is 4.39. The highest BCUT2D eigenvalue weighted by Gasteiger charge is 2.15. The Morgan fingerprint density at radius 2 is 1.89 bits per heavy atom. The summed E-state index contributed by atoms with van der Waals surface area (Å²) in [6.45, 7) is 1.76. The van der Waals surface area contributed by atoms with E-state index >= 15 is 0 Å². The van der Waals surface area contributed by atoms with E-state index < -0.39 is 6.04 Å². The maximum Gasteiger partial charge on any atom is 0.245 e. The summed E-state index contributed by atoms with van der Waals surface area (Å²) in [5, 5.41) is 2.62. The molecule has 0 spiro atoms. The van der Waals surface area contributed by atoms with Crippen molar-refractivity contribution in [2.24, 2.45) is 5.73 Å². The lowest BCUT2D eigenvalue weighted by Gasteiger charge is -2.13. The summed E-state index contributed by atoms with van der Waals surface area (Å²) in [5.41, 5.74) is 7.72. The van der Waals surface area contributed by atoms with Gasteiger partial charge in [0.15, 0.2) is 0 Å². The third-order valence-corrected chi connectivity index (χ3v) is 2.75. The van der Waals surface area contributed by atoms with E-state index in [0.29, 0.717) is 11.3 Å². The molecule has 0 radical (unpaired) electrons. The molecule has 98 valence electrons. The lowest BCUT2D eigenvalue weighted by atomic mass is 10.1. The van der Waals surface area contributed by atoms with Gasteiger partial charge in [-0.25, -0.2) is 4.39 Å². The third kappa shape index (κ3) is 3.39. The summed E-state index contributed by atoms with van der Waals surface area (Å²) in [6.07, 6.45) is 0. The standard InChI is InChI=1S/C15H15FN2O/c1-10-7-12(16)9-13(8-10)18-15(19)14(17)11-5-3-2-4-6-11/h2-9,14H,17H2,1H3,(H,18,19). The maximum absolute atomic E-state index is 13.2. The fourth-order valence-corrected chi connectivity index (χ4v) is 1.84. The number of carbonyl (C=O) groups excluding carboxylic acids is 1. The molecule has 2 rings (SSSR count). The molecule has 0 aliphatic rings. The van der Waals surface area contributed by atoms with Crippen LogP contribution in [0, 0.1) is 12.7 Å². The van der Waals surface area contributed by atoms with Crippen LogP contribution in [-0.2, 0) is 4.79 Å². The number of hydrogen-bond acceptors (Lipinski definition) is 2. The second kappa shape index (κ2) is 5.63. The van der Waals surface area contributed by atoms with E-state index in [-0.39, 0.29) is 11.7 Å². The number of carbonyl (C=O) groups is 1. The highest BCUT2D eigenvalue weighted by molar-refractivity contribution is 5.95. The summed E-state index contributed by atoms with van der Waals surface area (Å²) >= 11 is 0. The fourth-order valence-electron chi connectivity index (χ4n) is 1.84. The van der Waals surface area contributed by atoms with Gasteiger partial charge in [0.05, 0.1) is 0 Å². The van der Waals surface area contributed by atoms with Crippen LogP contribution in [0.5, 0.6) is 0 Å². The molecule has 4 heteroatoms. The topological polar surface area (TPSA) is 55.1 Å². The molecule has 1 amide bonds. The van der Waals surface area contributed by atoms with Crippen LogP contribution >= 0.6 is 0 Å². The van der Waals surface area contributed by atoms with E-state index in [1.54, 1.807) is 25.1 Å². The van der Waals surface area contributed by atoms with Crippen molar-refractivity contribution in [3.63, 3.8) is 0 Å². The quantitative estimate of drug-likeness (QED) is 0.889. The Balaban J connectivity index is 2.13. The molecule has 0 saturated carbocycles. The first kappa shape index (κ1) is 13.2. The molecule has 0 fully saturated rings. The summed E-state index contributed by atoms with van der Waals surface area (Å²) in [5.74, 6) is -0.750. The van der Waals surface area contributed by atoms with E-state index in [2.05, 4.69) is 5.32 Å². The van der Waals surface area contributed by atoms with Gasteiger partial charge in [0, 0.05) is 5.69 Å². The van der Waals surface area contributed by atoms with Gasteiger partial charge in [0.1, 0.15) is 11.9 Å². The number of anilines is 1. The Labute approximate surface area is 111 Å². The molecule has 0 heterocycles. The zero-order valence-electron chi connectivity index (χ0n) is 10.6. The van der Waals surface area contributed by atoms with Crippen LogP contribution in [-0.4, -0.2) is 5.91 Å². The first-order chi connectivity index (χ1) is 9.06. The second-order valence-electron chi connectivity index (χ2n) is 4.39. The van der Waals surface area contributed by atoms with Crippen molar-refractivity contribution in [1.29, 1.82) is 0 Å². The van der Waals surface area contributed by atoms with Crippen LogP contribution in [0.1, 0.15) is 17.2 Å². The average Bonchev–Trinajstić information content (AvgIpc) is 2.37. The van der Waals surface area contributed by atoms with Crippen molar-refractivity contribution in [2.75, 3.05) is 5.32 Å². The minimum Gasteiger partial charge on any atom is -0.324 e. The Kier molecular flexibility index (Phi) is 3.92. The van der Waals surface area contributed by atoms with Gasteiger partial charge in [-0.1, -0.05) is 30.3 Å². The molecule has 1 unspecified atom stereocenters. The number of hydrogen-bond donors (Lipinski definition) is 2. The van der Waals surface area contributed by atoms with Gasteiger partial charge >= 0.3 is 0 Å². The molecule has 0 saturated heterocycles. The lowest BCUT2D eigenvalue weighted by molar-refractivity contribution is -0.117. The zero-order chi connectivity index (χ0) is 13.8. The summed E-state index contributed by atoms with van der Waals surface area (Å²) < 4.78 is 13.2. The number of nitrogens with one attached hydrogen (secondary N) is 1. The number of benzene rings is 2. The number of rotatable bonds is 3. The highest BCUT2D eigenvalue weighted by Crippen LogP contribution is 2.16. The van der Waals surface area contributed by atoms with Crippen LogP contribution < -0.4 is 11.1 Å². The first-order valence-electron chi connectivity index (χ1n) is 5.95. The molecular weight excluding hydrogens is 243 g/mol. The molecule has 0 bridgehead atoms. The molecule has 1 atom stereocenters. The predicted molar refractivity (Wildman–Crippen MR) is 73.1 cm³/mol. The normalized spacial score (nSPS) is 11.9. The number of halogens is 1. The molecule has 0 aromatic heterocycles. The van der Waals surface area contributed by atoms with Crippen molar-refractivity contribution < 1.29 is 9.18 Å². The van der Waals surface area contributed by atoms with Crippen molar-refractivity contribution in [3.05, 3.63) is 65.5 Å². The van der Waals surface area contributed by atoms with Crippen molar-refractivity contribution in [1.82, 2.24) is 0 Å². The molecule has 2 aromatic carbocycles. The van der Waals surface area contributed by atoms with Gasteiger partial charge in [-0.15, -0.1) is 0 Å². The van der Waals surface area contributed by atoms with E-state index in [0.717, 1.165) is 5.56 Å². The molecule has 0 aliphatic carbocycles. The predicted octanol–water partition coefficient (Wildman–Crippen LogP) is 2.77. The fraction of sp³-hybridized carbons (Fsp3) is 0.133. The van der Waals surface area contributed by atoms with Crippen molar-refractivity contribution in [2.45, 2.75) is 13.0 Å². The van der Waals surface area contributed by atoms with E-state index in [1.165, 1.54) is 12.1 Å². The van der Waals surface area contributed by atoms with Crippen LogP contribution in [0.3, 0.4) is 0 Å². The van der Waals surface area contributed by atoms with Crippen LogP contribution in [0.4, 0.5) is 10.1 Å². The van der Waals surface area contributed by atoms with Gasteiger partial charge in [0.25, 0.3) is 0 Å². The minimum absolute atomic E-state index is 0.365. The molecule has 2 aromatic rings. The largest absolute Gasteiger partial charge is 0.324 e. The summed E-state index contributed by atoms with van der Waals surface area (Å²) in [4.78, 5) is 12.0. The third-order valence-electron chi connectivity index (χ3n) is 2.75. The average molecular weight is 258 g/mol. The SMILES string of the molecule is Cc1cc(F)cc(NC(=O)C(N)c2ccccc2)c1. The van der Waals surface area contributed by atoms with E-state index in [1.807, 2.05) is 18.2 Å². The first-order valence-corrected chi connectivity index (χ1v) is 5.95. The van der Waals surface area contributed by atoms with Crippen LogP contribution in [0.15, 0.2) is 48.5 Å². The van der Waals surface area contributed by atoms with Gasteiger partial charge in [-0.05, 0) is 36.2 Å². The van der Waals surface area contributed by atoms with Gasteiger partial charge in [-0.3, -0.25) is 4.79 Å². The van der Waals surface area contributed by atoms with Crippen molar-refractivity contribution >= 4 is 11.6 Å². The molecule has 3 N–H and O–H groups in total. The monoisotopic (exact) mass is 258 g/mol. The summed E-state index contributed by atoms with van der Waals surface area (Å²) in [7, 11) is 0. The Hall–Kier alpha value is -2.20. The lowest BCUT2D eigenvalue weighted by Crippen LogP contribution is -2.27. The van der Waals surface area contributed by atoms with Gasteiger partial charge < -0.3 is 11.1 Å². The minimum atomic E-state index is -0.773. The number of nitrogens with two attached hydrogens (primary N) is 1. The van der Waals surface area contributed by atoms with E-state index in [9.17, 15) is 9.18 Å². The molecule has 19 heavy (non-hydrogen) atoms. The highest BCUT2D eigenvalue weighted by atomic mass is 19.1. The van der Waals surface area contributed by atoms with Crippen LogP contribution in [0.25, 0.3) is 0 Å². The number of aryl methyl sites for hydroxylation is 1. The van der Waals surface area contributed by atoms with Gasteiger partial charge in [-0.2, -0.15) is 0 Å². The Morgan fingerprint density at radius 1 is 1.21 bits per heavy atom. The van der Waals surface area contributed by atoms with E-state index in [4.69, 9.17) is 5.73 Å². The maximum atomic E-state index is 13.2. The van der Waals surface area contributed by atoms with Crippen molar-refractivity contribution in [3.8, 4) is 0 Å². The number of amides is 1. The molecule has 0 aliphatic heterocycles. The molecular formula is C15H15FN2O. The smallest absolute Gasteiger partial charge is 0.245 e. The molecule has 3 nitrogen and oxygen atoms in total.